The van der Waals surface area contributed by atoms with Crippen molar-refractivity contribution in [1.82, 2.24) is 9.78 Å². The standard InChI is InChI=1S/C7H12F2N4/c1-13-3-2-6(12-13)11-5-7(8,9)4-10/h2-3H,4-5,10H2,1H3,(H,11,12). The molecule has 4 nitrogen and oxygen atoms in total. The second-order valence-corrected chi connectivity index (χ2v) is 2.79. The zero-order chi connectivity index (χ0) is 9.90. The van der Waals surface area contributed by atoms with Crippen molar-refractivity contribution in [3.63, 3.8) is 0 Å². The van der Waals surface area contributed by atoms with Crippen molar-refractivity contribution in [2.45, 2.75) is 5.92 Å². The SMILES string of the molecule is Cn1ccc(NCC(F)(F)CN)n1. The van der Waals surface area contributed by atoms with E-state index >= 15 is 0 Å². The molecule has 6 heteroatoms. The van der Waals surface area contributed by atoms with Gasteiger partial charge in [0.25, 0.3) is 5.92 Å². The Balaban J connectivity index is 2.43. The molecule has 0 bridgehead atoms. The van der Waals surface area contributed by atoms with E-state index in [0.717, 1.165) is 0 Å². The molecular weight excluding hydrogens is 178 g/mol. The van der Waals surface area contributed by atoms with Gasteiger partial charge < -0.3 is 11.1 Å². The van der Waals surface area contributed by atoms with Crippen molar-refractivity contribution in [2.75, 3.05) is 18.4 Å². The number of rotatable bonds is 4. The molecule has 0 aromatic carbocycles. The Morgan fingerprint density at radius 2 is 2.38 bits per heavy atom. The summed E-state index contributed by atoms with van der Waals surface area (Å²) < 4.78 is 26.8. The third-order valence-electron chi connectivity index (χ3n) is 1.54. The summed E-state index contributed by atoms with van der Waals surface area (Å²) in [4.78, 5) is 0. The fourth-order valence-corrected chi connectivity index (χ4v) is 0.801. The minimum Gasteiger partial charge on any atom is -0.363 e. The number of hydrogen-bond donors (Lipinski definition) is 2. The Hall–Kier alpha value is -1.17. The molecule has 3 N–H and O–H groups in total. The van der Waals surface area contributed by atoms with Crippen molar-refractivity contribution in [2.24, 2.45) is 12.8 Å². The Kier molecular flexibility index (Phi) is 2.82. The Morgan fingerprint density at radius 3 is 2.85 bits per heavy atom. The van der Waals surface area contributed by atoms with Crippen LogP contribution < -0.4 is 11.1 Å². The van der Waals surface area contributed by atoms with E-state index < -0.39 is 19.0 Å². The maximum absolute atomic E-state index is 12.6. The summed E-state index contributed by atoms with van der Waals surface area (Å²) in [7, 11) is 1.71. The molecule has 1 rings (SSSR count). The number of alkyl halides is 2. The van der Waals surface area contributed by atoms with Crippen LogP contribution >= 0.6 is 0 Å². The van der Waals surface area contributed by atoms with Crippen LogP contribution in [0.1, 0.15) is 0 Å². The summed E-state index contributed by atoms with van der Waals surface area (Å²) in [6, 6.07) is 1.62. The minimum atomic E-state index is -2.88. The number of aromatic nitrogens is 2. The number of aryl methyl sites for hydroxylation is 1. The average molecular weight is 190 g/mol. The third kappa shape index (κ3) is 2.98. The number of nitrogens with one attached hydrogen (secondary N) is 1. The fourth-order valence-electron chi connectivity index (χ4n) is 0.801. The van der Waals surface area contributed by atoms with Crippen LogP contribution in [0.25, 0.3) is 0 Å². The van der Waals surface area contributed by atoms with Crippen LogP contribution in [0.2, 0.25) is 0 Å². The van der Waals surface area contributed by atoms with Gasteiger partial charge >= 0.3 is 0 Å². The quantitative estimate of drug-likeness (QED) is 0.723. The maximum Gasteiger partial charge on any atom is 0.276 e. The molecule has 0 atom stereocenters. The molecule has 0 spiro atoms. The van der Waals surface area contributed by atoms with Crippen molar-refractivity contribution < 1.29 is 8.78 Å². The van der Waals surface area contributed by atoms with Crippen molar-refractivity contribution in [1.29, 1.82) is 0 Å². The van der Waals surface area contributed by atoms with E-state index in [1.54, 1.807) is 19.3 Å². The monoisotopic (exact) mass is 190 g/mol. The van der Waals surface area contributed by atoms with E-state index in [4.69, 9.17) is 5.73 Å². The molecule has 1 heterocycles. The zero-order valence-corrected chi connectivity index (χ0v) is 7.30. The Morgan fingerprint density at radius 1 is 1.69 bits per heavy atom. The maximum atomic E-state index is 12.6. The third-order valence-corrected chi connectivity index (χ3v) is 1.54. The van der Waals surface area contributed by atoms with Crippen LogP contribution in [0.15, 0.2) is 12.3 Å². The van der Waals surface area contributed by atoms with E-state index in [1.807, 2.05) is 0 Å². The van der Waals surface area contributed by atoms with Gasteiger partial charge in [0.15, 0.2) is 0 Å². The molecule has 13 heavy (non-hydrogen) atoms. The zero-order valence-electron chi connectivity index (χ0n) is 7.30. The first-order valence-corrected chi connectivity index (χ1v) is 3.85. The normalized spacial score (nSPS) is 11.7. The molecule has 0 saturated carbocycles. The van der Waals surface area contributed by atoms with E-state index in [2.05, 4.69) is 10.4 Å². The summed E-state index contributed by atoms with van der Waals surface area (Å²) in [6.45, 7) is -1.15. The molecule has 74 valence electrons. The Bertz CT molecular complexity index is 271. The van der Waals surface area contributed by atoms with E-state index in [0.29, 0.717) is 5.82 Å². The molecule has 0 saturated heterocycles. The van der Waals surface area contributed by atoms with Crippen LogP contribution in [-0.2, 0) is 7.05 Å². The summed E-state index contributed by atoms with van der Waals surface area (Å²) >= 11 is 0. The lowest BCUT2D eigenvalue weighted by atomic mass is 10.3. The van der Waals surface area contributed by atoms with E-state index in [9.17, 15) is 8.78 Å². The highest BCUT2D eigenvalue weighted by Crippen LogP contribution is 2.12. The van der Waals surface area contributed by atoms with Crippen LogP contribution in [0, 0.1) is 0 Å². The summed E-state index contributed by atoms with van der Waals surface area (Å²) in [5.74, 6) is -2.45. The molecule has 0 aliphatic carbocycles. The fraction of sp³-hybridized carbons (Fsp3) is 0.571. The predicted molar refractivity (Wildman–Crippen MR) is 45.7 cm³/mol. The molecule has 1 aromatic rings. The minimum absolute atomic E-state index is 0.427. The van der Waals surface area contributed by atoms with Crippen molar-refractivity contribution in [3.05, 3.63) is 12.3 Å². The van der Waals surface area contributed by atoms with Crippen LogP contribution in [0.5, 0.6) is 0 Å². The first-order valence-electron chi connectivity index (χ1n) is 3.85. The first kappa shape index (κ1) is 9.91. The van der Waals surface area contributed by atoms with Gasteiger partial charge in [-0.05, 0) is 0 Å². The molecular formula is C7H12F2N4. The molecule has 1 aromatic heterocycles. The summed E-state index contributed by atoms with van der Waals surface area (Å²) in [5.41, 5.74) is 4.86. The molecule has 0 unspecified atom stereocenters. The second kappa shape index (κ2) is 3.69. The van der Waals surface area contributed by atoms with E-state index in [-0.39, 0.29) is 0 Å². The van der Waals surface area contributed by atoms with Crippen LogP contribution in [-0.4, -0.2) is 28.8 Å². The van der Waals surface area contributed by atoms with Gasteiger partial charge in [-0.1, -0.05) is 0 Å². The summed E-state index contributed by atoms with van der Waals surface area (Å²) in [6.07, 6.45) is 1.67. The lowest BCUT2D eigenvalue weighted by Gasteiger charge is -2.13. The summed E-state index contributed by atoms with van der Waals surface area (Å²) in [5, 5.41) is 6.37. The Labute approximate surface area is 74.7 Å². The molecule has 0 aliphatic heterocycles. The average Bonchev–Trinajstić information content (AvgIpc) is 2.48. The molecule has 0 fully saturated rings. The van der Waals surface area contributed by atoms with Crippen molar-refractivity contribution in [3.8, 4) is 0 Å². The van der Waals surface area contributed by atoms with E-state index in [1.165, 1.54) is 4.68 Å². The van der Waals surface area contributed by atoms with Gasteiger partial charge in [-0.25, -0.2) is 8.78 Å². The highest BCUT2D eigenvalue weighted by Gasteiger charge is 2.26. The predicted octanol–water partition coefficient (Wildman–Crippen LogP) is 0.426. The van der Waals surface area contributed by atoms with Gasteiger partial charge in [-0.15, -0.1) is 0 Å². The van der Waals surface area contributed by atoms with Gasteiger partial charge in [0, 0.05) is 19.3 Å². The van der Waals surface area contributed by atoms with Gasteiger partial charge in [0.1, 0.15) is 5.82 Å². The number of anilines is 1. The number of halogens is 2. The topological polar surface area (TPSA) is 55.9 Å². The van der Waals surface area contributed by atoms with Crippen LogP contribution in [0.3, 0.4) is 0 Å². The lowest BCUT2D eigenvalue weighted by molar-refractivity contribution is 0.0253. The smallest absolute Gasteiger partial charge is 0.276 e. The number of nitrogens with zero attached hydrogens (tertiary/aromatic N) is 2. The molecule has 0 aliphatic rings. The molecule has 0 amide bonds. The van der Waals surface area contributed by atoms with Gasteiger partial charge in [-0.3, -0.25) is 4.68 Å². The first-order chi connectivity index (χ1) is 6.03. The van der Waals surface area contributed by atoms with Crippen molar-refractivity contribution >= 4 is 5.82 Å². The van der Waals surface area contributed by atoms with Gasteiger partial charge in [0.05, 0.1) is 13.1 Å². The van der Waals surface area contributed by atoms with Crippen LogP contribution in [0.4, 0.5) is 14.6 Å². The largest absolute Gasteiger partial charge is 0.363 e. The van der Waals surface area contributed by atoms with Gasteiger partial charge in [-0.2, -0.15) is 5.10 Å². The van der Waals surface area contributed by atoms with Gasteiger partial charge in [0.2, 0.25) is 0 Å². The number of nitrogens with two attached hydrogens (primary N) is 1. The number of hydrogen-bond acceptors (Lipinski definition) is 3. The lowest BCUT2D eigenvalue weighted by Crippen LogP contribution is -2.35. The highest BCUT2D eigenvalue weighted by atomic mass is 19.3. The highest BCUT2D eigenvalue weighted by molar-refractivity contribution is 5.32. The molecule has 0 radical (unpaired) electrons. The second-order valence-electron chi connectivity index (χ2n) is 2.79.